The molecule has 4 heteroatoms. The fraction of sp³-hybridized carbons (Fsp3) is 0.278. The van der Waals surface area contributed by atoms with Gasteiger partial charge in [-0.05, 0) is 61.1 Å². The molecule has 0 saturated heterocycles. The summed E-state index contributed by atoms with van der Waals surface area (Å²) in [4.78, 5) is 13.3. The van der Waals surface area contributed by atoms with Crippen LogP contribution in [-0.4, -0.2) is 23.8 Å². The van der Waals surface area contributed by atoms with Crippen molar-refractivity contribution in [1.29, 1.82) is 0 Å². The van der Waals surface area contributed by atoms with Crippen LogP contribution in [0.2, 0.25) is 0 Å². The summed E-state index contributed by atoms with van der Waals surface area (Å²) >= 11 is 1.66. The minimum atomic E-state index is -0.702. The van der Waals surface area contributed by atoms with Crippen LogP contribution < -0.4 is 5.32 Å². The highest BCUT2D eigenvalue weighted by Crippen LogP contribution is 2.19. The minimum Gasteiger partial charge on any atom is -0.387 e. The number of carbonyl (C=O) groups excluding carboxylic acids is 1. The zero-order valence-corrected chi connectivity index (χ0v) is 13.9. The highest BCUT2D eigenvalue weighted by atomic mass is 32.2. The average Bonchev–Trinajstić information content (AvgIpc) is 2.54. The molecule has 0 aliphatic rings. The summed E-state index contributed by atoms with van der Waals surface area (Å²) in [6, 6.07) is 13.3. The molecule has 2 aromatic carbocycles. The number of rotatable bonds is 5. The Labute approximate surface area is 135 Å². The van der Waals surface area contributed by atoms with E-state index in [1.807, 2.05) is 56.5 Å². The summed E-state index contributed by atoms with van der Waals surface area (Å²) in [6.07, 6.45) is 1.31. The van der Waals surface area contributed by atoms with Gasteiger partial charge in [0, 0.05) is 17.0 Å². The number of carbonyl (C=O) groups is 1. The van der Waals surface area contributed by atoms with E-state index in [2.05, 4.69) is 5.32 Å². The number of hydrogen-bond acceptors (Lipinski definition) is 3. The predicted octanol–water partition coefficient (Wildman–Crippen LogP) is 3.49. The molecule has 0 aliphatic heterocycles. The first kappa shape index (κ1) is 16.6. The van der Waals surface area contributed by atoms with Crippen molar-refractivity contribution in [3.8, 4) is 0 Å². The molecular weight excluding hydrogens is 294 g/mol. The second-order valence-electron chi connectivity index (χ2n) is 5.30. The number of aryl methyl sites for hydroxylation is 2. The van der Waals surface area contributed by atoms with E-state index in [-0.39, 0.29) is 12.5 Å². The first-order chi connectivity index (χ1) is 10.5. The van der Waals surface area contributed by atoms with Gasteiger partial charge in [-0.3, -0.25) is 4.79 Å². The van der Waals surface area contributed by atoms with Gasteiger partial charge in [0.1, 0.15) is 0 Å². The zero-order chi connectivity index (χ0) is 16.1. The Hall–Kier alpha value is -1.78. The third-order valence-electron chi connectivity index (χ3n) is 3.73. The first-order valence-electron chi connectivity index (χ1n) is 7.18. The molecule has 2 N–H and O–H groups in total. The maximum absolute atomic E-state index is 12.1. The van der Waals surface area contributed by atoms with Gasteiger partial charge in [-0.25, -0.2) is 0 Å². The standard InChI is InChI=1S/C18H21NO2S/c1-12-4-5-15(10-13(12)2)18(21)19-11-17(20)14-6-8-16(22-3)9-7-14/h4-10,17,20H,11H2,1-3H3,(H,19,21). The molecule has 0 heterocycles. The topological polar surface area (TPSA) is 49.3 Å². The van der Waals surface area contributed by atoms with Crippen molar-refractivity contribution in [3.05, 3.63) is 64.7 Å². The Morgan fingerprint density at radius 1 is 1.14 bits per heavy atom. The largest absolute Gasteiger partial charge is 0.387 e. The van der Waals surface area contributed by atoms with Crippen molar-refractivity contribution in [2.45, 2.75) is 24.8 Å². The number of amides is 1. The molecule has 116 valence electrons. The van der Waals surface area contributed by atoms with Crippen molar-refractivity contribution in [1.82, 2.24) is 5.32 Å². The van der Waals surface area contributed by atoms with Crippen LogP contribution in [0, 0.1) is 13.8 Å². The van der Waals surface area contributed by atoms with Gasteiger partial charge in [0.2, 0.25) is 0 Å². The van der Waals surface area contributed by atoms with Gasteiger partial charge in [-0.1, -0.05) is 18.2 Å². The Morgan fingerprint density at radius 3 is 2.41 bits per heavy atom. The van der Waals surface area contributed by atoms with E-state index in [1.54, 1.807) is 17.8 Å². The average molecular weight is 315 g/mol. The maximum Gasteiger partial charge on any atom is 0.251 e. The van der Waals surface area contributed by atoms with Gasteiger partial charge in [-0.15, -0.1) is 11.8 Å². The van der Waals surface area contributed by atoms with Gasteiger partial charge < -0.3 is 10.4 Å². The molecule has 0 fully saturated rings. The van der Waals surface area contributed by atoms with E-state index >= 15 is 0 Å². The predicted molar refractivity (Wildman–Crippen MR) is 91.4 cm³/mol. The van der Waals surface area contributed by atoms with Gasteiger partial charge >= 0.3 is 0 Å². The third kappa shape index (κ3) is 4.12. The first-order valence-corrected chi connectivity index (χ1v) is 8.41. The monoisotopic (exact) mass is 315 g/mol. The van der Waals surface area contributed by atoms with E-state index in [0.29, 0.717) is 5.56 Å². The minimum absolute atomic E-state index is 0.164. The molecular formula is C18H21NO2S. The number of hydrogen-bond donors (Lipinski definition) is 2. The second kappa shape index (κ2) is 7.47. The summed E-state index contributed by atoms with van der Waals surface area (Å²) in [5.41, 5.74) is 3.66. The van der Waals surface area contributed by atoms with Crippen LogP contribution >= 0.6 is 11.8 Å². The molecule has 0 aliphatic carbocycles. The molecule has 0 aromatic heterocycles. The van der Waals surface area contributed by atoms with Crippen molar-refractivity contribution < 1.29 is 9.90 Å². The lowest BCUT2D eigenvalue weighted by Crippen LogP contribution is -2.28. The molecule has 0 radical (unpaired) electrons. The number of aliphatic hydroxyl groups excluding tert-OH is 1. The maximum atomic E-state index is 12.1. The van der Waals surface area contributed by atoms with Crippen LogP contribution in [0.3, 0.4) is 0 Å². The van der Waals surface area contributed by atoms with Gasteiger partial charge in [-0.2, -0.15) is 0 Å². The number of thioether (sulfide) groups is 1. The Morgan fingerprint density at radius 2 is 1.82 bits per heavy atom. The van der Waals surface area contributed by atoms with E-state index in [1.165, 1.54) is 0 Å². The lowest BCUT2D eigenvalue weighted by atomic mass is 10.1. The highest BCUT2D eigenvalue weighted by molar-refractivity contribution is 7.98. The molecule has 0 bridgehead atoms. The van der Waals surface area contributed by atoms with E-state index in [9.17, 15) is 9.90 Å². The molecule has 3 nitrogen and oxygen atoms in total. The molecule has 0 spiro atoms. The van der Waals surface area contributed by atoms with Gasteiger partial charge in [0.05, 0.1) is 6.10 Å². The van der Waals surface area contributed by atoms with Gasteiger partial charge in [0.25, 0.3) is 5.91 Å². The van der Waals surface area contributed by atoms with E-state index in [4.69, 9.17) is 0 Å². The van der Waals surface area contributed by atoms with Crippen molar-refractivity contribution in [3.63, 3.8) is 0 Å². The second-order valence-corrected chi connectivity index (χ2v) is 6.18. The summed E-state index contributed by atoms with van der Waals surface area (Å²) in [7, 11) is 0. The normalized spacial score (nSPS) is 12.0. The SMILES string of the molecule is CSc1ccc(C(O)CNC(=O)c2ccc(C)c(C)c2)cc1. The smallest absolute Gasteiger partial charge is 0.251 e. The van der Waals surface area contributed by atoms with E-state index in [0.717, 1.165) is 21.6 Å². The number of aliphatic hydroxyl groups is 1. The number of nitrogens with one attached hydrogen (secondary N) is 1. The van der Waals surface area contributed by atoms with Crippen LogP contribution in [0.25, 0.3) is 0 Å². The van der Waals surface area contributed by atoms with Crippen molar-refractivity contribution in [2.24, 2.45) is 0 Å². The summed E-state index contributed by atoms with van der Waals surface area (Å²) in [5.74, 6) is -0.164. The summed E-state index contributed by atoms with van der Waals surface area (Å²) < 4.78 is 0. The zero-order valence-electron chi connectivity index (χ0n) is 13.1. The van der Waals surface area contributed by atoms with Crippen molar-refractivity contribution >= 4 is 17.7 Å². The molecule has 2 rings (SSSR count). The number of benzene rings is 2. The molecule has 22 heavy (non-hydrogen) atoms. The van der Waals surface area contributed by atoms with Crippen molar-refractivity contribution in [2.75, 3.05) is 12.8 Å². The Bertz CT molecular complexity index is 653. The summed E-state index contributed by atoms with van der Waals surface area (Å²) in [5, 5.41) is 12.9. The van der Waals surface area contributed by atoms with Gasteiger partial charge in [0.15, 0.2) is 0 Å². The lowest BCUT2D eigenvalue weighted by molar-refractivity contribution is 0.0916. The van der Waals surface area contributed by atoms with E-state index < -0.39 is 6.10 Å². The molecule has 2 aromatic rings. The quantitative estimate of drug-likeness (QED) is 0.830. The fourth-order valence-corrected chi connectivity index (χ4v) is 2.53. The molecule has 1 atom stereocenters. The van der Waals surface area contributed by atoms with Crippen LogP contribution in [0.15, 0.2) is 47.4 Å². The fourth-order valence-electron chi connectivity index (χ4n) is 2.12. The lowest BCUT2D eigenvalue weighted by Gasteiger charge is -2.13. The van der Waals surface area contributed by atoms with Crippen LogP contribution in [0.4, 0.5) is 0 Å². The Balaban J connectivity index is 1.95. The van der Waals surface area contributed by atoms with Crippen LogP contribution in [0.5, 0.6) is 0 Å². The van der Waals surface area contributed by atoms with Crippen LogP contribution in [0.1, 0.15) is 33.2 Å². The molecule has 1 amide bonds. The van der Waals surface area contributed by atoms with Crippen LogP contribution in [-0.2, 0) is 0 Å². The third-order valence-corrected chi connectivity index (χ3v) is 4.47. The molecule has 0 saturated carbocycles. The molecule has 1 unspecified atom stereocenters. The Kier molecular flexibility index (Phi) is 5.63. The summed E-state index contributed by atoms with van der Waals surface area (Å²) in [6.45, 7) is 4.19. The highest BCUT2D eigenvalue weighted by Gasteiger charge is 2.11.